The predicted molar refractivity (Wildman–Crippen MR) is 143 cm³/mol. The second-order valence-electron chi connectivity index (χ2n) is 9.87. The molecule has 1 unspecified atom stereocenters. The van der Waals surface area contributed by atoms with E-state index in [1.54, 1.807) is 12.1 Å². The normalized spacial score (nSPS) is 12.1. The maximum absolute atomic E-state index is 12.9. The number of pyridine rings is 1. The average molecular weight is 479 g/mol. The van der Waals surface area contributed by atoms with Crippen molar-refractivity contribution in [2.24, 2.45) is 0 Å². The van der Waals surface area contributed by atoms with Gasteiger partial charge in [0.1, 0.15) is 11.7 Å². The molecule has 0 fully saturated rings. The molecule has 0 aliphatic carbocycles. The standard InChI is InChI=1S/C31H30N2O3/c1-31(2,3)25-18-16-24(17-19-25)26-10-7-11-27(32-26)29(34)33-28(30(35)36)20-21-12-14-23(15-13-21)22-8-5-4-6-9-22/h4-19,28H,20H2,1-3H3,(H,33,34)(H,35,36). The number of aromatic nitrogens is 1. The molecule has 2 N–H and O–H groups in total. The van der Waals surface area contributed by atoms with Gasteiger partial charge in [-0.2, -0.15) is 0 Å². The van der Waals surface area contributed by atoms with Crippen molar-refractivity contribution < 1.29 is 14.7 Å². The van der Waals surface area contributed by atoms with E-state index in [9.17, 15) is 14.7 Å². The molecule has 1 heterocycles. The van der Waals surface area contributed by atoms with E-state index in [1.807, 2.05) is 72.8 Å². The molecular weight excluding hydrogens is 448 g/mol. The fraction of sp³-hybridized carbons (Fsp3) is 0.194. The molecule has 1 aromatic heterocycles. The van der Waals surface area contributed by atoms with Crippen LogP contribution in [-0.2, 0) is 16.6 Å². The highest BCUT2D eigenvalue weighted by molar-refractivity contribution is 5.95. The first kappa shape index (κ1) is 24.9. The van der Waals surface area contributed by atoms with Crippen molar-refractivity contribution in [2.45, 2.75) is 38.6 Å². The van der Waals surface area contributed by atoms with Gasteiger partial charge in [-0.3, -0.25) is 4.79 Å². The first-order chi connectivity index (χ1) is 17.2. The molecule has 3 aromatic carbocycles. The van der Waals surface area contributed by atoms with E-state index < -0.39 is 17.9 Å². The van der Waals surface area contributed by atoms with E-state index in [0.717, 1.165) is 22.3 Å². The molecule has 0 radical (unpaired) electrons. The van der Waals surface area contributed by atoms with Crippen LogP contribution >= 0.6 is 0 Å². The minimum Gasteiger partial charge on any atom is -0.480 e. The Labute approximate surface area is 211 Å². The van der Waals surface area contributed by atoms with Crippen molar-refractivity contribution in [3.63, 3.8) is 0 Å². The van der Waals surface area contributed by atoms with Crippen molar-refractivity contribution in [1.29, 1.82) is 0 Å². The molecular formula is C31H30N2O3. The number of rotatable bonds is 7. The molecule has 4 rings (SSSR count). The number of aliphatic carboxylic acids is 1. The predicted octanol–water partition coefficient (Wildman–Crippen LogP) is 6.14. The number of hydrogen-bond acceptors (Lipinski definition) is 3. The summed E-state index contributed by atoms with van der Waals surface area (Å²) in [6.45, 7) is 6.46. The van der Waals surface area contributed by atoms with Gasteiger partial charge in [0.05, 0.1) is 5.69 Å². The summed E-state index contributed by atoms with van der Waals surface area (Å²) < 4.78 is 0. The molecule has 1 atom stereocenters. The molecule has 0 saturated carbocycles. The van der Waals surface area contributed by atoms with Gasteiger partial charge >= 0.3 is 5.97 Å². The van der Waals surface area contributed by atoms with Crippen LogP contribution < -0.4 is 5.32 Å². The van der Waals surface area contributed by atoms with Gasteiger partial charge in [-0.15, -0.1) is 0 Å². The molecule has 5 nitrogen and oxygen atoms in total. The Hall–Kier alpha value is -4.25. The lowest BCUT2D eigenvalue weighted by atomic mass is 9.86. The first-order valence-corrected chi connectivity index (χ1v) is 12.0. The van der Waals surface area contributed by atoms with Gasteiger partial charge in [-0.1, -0.05) is 106 Å². The van der Waals surface area contributed by atoms with Crippen molar-refractivity contribution in [3.05, 3.63) is 114 Å². The summed E-state index contributed by atoms with van der Waals surface area (Å²) in [4.78, 5) is 29.3. The number of carbonyl (C=O) groups excluding carboxylic acids is 1. The number of carboxylic acids is 1. The zero-order valence-electron chi connectivity index (χ0n) is 20.7. The second kappa shape index (κ2) is 10.6. The third-order valence-electron chi connectivity index (χ3n) is 6.13. The molecule has 0 aliphatic rings. The van der Waals surface area contributed by atoms with Crippen LogP contribution in [0.4, 0.5) is 0 Å². The Bertz CT molecular complexity index is 1340. The Morgan fingerprint density at radius 1 is 0.778 bits per heavy atom. The summed E-state index contributed by atoms with van der Waals surface area (Å²) in [5, 5.41) is 12.4. The number of carbonyl (C=O) groups is 2. The zero-order chi connectivity index (χ0) is 25.7. The maximum atomic E-state index is 12.9. The summed E-state index contributed by atoms with van der Waals surface area (Å²) in [7, 11) is 0. The number of nitrogens with zero attached hydrogens (tertiary/aromatic N) is 1. The van der Waals surface area contributed by atoms with Crippen LogP contribution in [0.2, 0.25) is 0 Å². The molecule has 1 amide bonds. The fourth-order valence-corrected chi connectivity index (χ4v) is 3.99. The number of hydrogen-bond donors (Lipinski definition) is 2. The van der Waals surface area contributed by atoms with Crippen molar-refractivity contribution in [3.8, 4) is 22.4 Å². The molecule has 5 heteroatoms. The van der Waals surface area contributed by atoms with E-state index >= 15 is 0 Å². The first-order valence-electron chi connectivity index (χ1n) is 12.0. The highest BCUT2D eigenvalue weighted by Gasteiger charge is 2.22. The SMILES string of the molecule is CC(C)(C)c1ccc(-c2cccc(C(=O)NC(Cc3ccc(-c4ccccc4)cc3)C(=O)O)n2)cc1. The topological polar surface area (TPSA) is 79.3 Å². The Morgan fingerprint density at radius 2 is 1.39 bits per heavy atom. The fourth-order valence-electron chi connectivity index (χ4n) is 3.99. The van der Waals surface area contributed by atoms with Crippen LogP contribution in [0.1, 0.15) is 42.4 Å². The van der Waals surface area contributed by atoms with Crippen LogP contribution in [0.25, 0.3) is 22.4 Å². The largest absolute Gasteiger partial charge is 0.480 e. The van der Waals surface area contributed by atoms with Gasteiger partial charge in [0, 0.05) is 12.0 Å². The molecule has 0 saturated heterocycles. The van der Waals surface area contributed by atoms with Crippen LogP contribution in [0, 0.1) is 0 Å². The zero-order valence-corrected chi connectivity index (χ0v) is 20.7. The maximum Gasteiger partial charge on any atom is 0.326 e. The van der Waals surface area contributed by atoms with Crippen LogP contribution in [0.3, 0.4) is 0 Å². The third-order valence-corrected chi connectivity index (χ3v) is 6.13. The average Bonchev–Trinajstić information content (AvgIpc) is 2.89. The van der Waals surface area contributed by atoms with Gasteiger partial charge in [-0.05, 0) is 39.8 Å². The Kier molecular flexibility index (Phi) is 7.30. The van der Waals surface area contributed by atoms with E-state index in [4.69, 9.17) is 0 Å². The highest BCUT2D eigenvalue weighted by atomic mass is 16.4. The summed E-state index contributed by atoms with van der Waals surface area (Å²) in [5.41, 5.74) is 5.94. The second-order valence-corrected chi connectivity index (χ2v) is 9.87. The third kappa shape index (κ3) is 6.05. The van der Waals surface area contributed by atoms with Crippen molar-refractivity contribution >= 4 is 11.9 Å². The quantitative estimate of drug-likeness (QED) is 0.334. The van der Waals surface area contributed by atoms with Crippen LogP contribution in [0.15, 0.2) is 97.1 Å². The van der Waals surface area contributed by atoms with Gasteiger partial charge < -0.3 is 10.4 Å². The molecule has 0 aliphatic heterocycles. The molecule has 4 aromatic rings. The Morgan fingerprint density at radius 3 is 2.00 bits per heavy atom. The Balaban J connectivity index is 1.46. The van der Waals surface area contributed by atoms with Gasteiger partial charge in [0.2, 0.25) is 0 Å². The van der Waals surface area contributed by atoms with Crippen molar-refractivity contribution in [2.75, 3.05) is 0 Å². The molecule has 36 heavy (non-hydrogen) atoms. The number of carboxylic acid groups (broad SMARTS) is 1. The van der Waals surface area contributed by atoms with E-state index in [2.05, 4.69) is 43.2 Å². The minimum atomic E-state index is -1.09. The van der Waals surface area contributed by atoms with E-state index in [1.165, 1.54) is 5.56 Å². The van der Waals surface area contributed by atoms with Gasteiger partial charge in [-0.25, -0.2) is 9.78 Å². The lowest BCUT2D eigenvalue weighted by Gasteiger charge is -2.19. The molecule has 0 spiro atoms. The van der Waals surface area contributed by atoms with Crippen molar-refractivity contribution in [1.82, 2.24) is 10.3 Å². The number of amides is 1. The minimum absolute atomic E-state index is 0.0431. The lowest BCUT2D eigenvalue weighted by molar-refractivity contribution is -0.139. The van der Waals surface area contributed by atoms with Crippen LogP contribution in [0.5, 0.6) is 0 Å². The number of nitrogens with one attached hydrogen (secondary N) is 1. The van der Waals surface area contributed by atoms with E-state index in [0.29, 0.717) is 5.69 Å². The summed E-state index contributed by atoms with van der Waals surface area (Å²) in [5.74, 6) is -1.61. The van der Waals surface area contributed by atoms with Gasteiger partial charge in [0.15, 0.2) is 0 Å². The van der Waals surface area contributed by atoms with E-state index in [-0.39, 0.29) is 17.5 Å². The van der Waals surface area contributed by atoms with Crippen LogP contribution in [-0.4, -0.2) is 28.0 Å². The summed E-state index contributed by atoms with van der Waals surface area (Å²) in [6.07, 6.45) is 0.171. The van der Waals surface area contributed by atoms with Gasteiger partial charge in [0.25, 0.3) is 5.91 Å². The summed E-state index contributed by atoms with van der Waals surface area (Å²) >= 11 is 0. The monoisotopic (exact) mass is 478 g/mol. The molecule has 0 bridgehead atoms. The summed E-state index contributed by atoms with van der Waals surface area (Å²) in [6, 6.07) is 29.9. The smallest absolute Gasteiger partial charge is 0.326 e. The highest BCUT2D eigenvalue weighted by Crippen LogP contribution is 2.25. The number of benzene rings is 3. The lowest BCUT2D eigenvalue weighted by Crippen LogP contribution is -2.42. The molecule has 182 valence electrons.